The van der Waals surface area contributed by atoms with Gasteiger partial charge in [-0.05, 0) is 36.4 Å². The average Bonchev–Trinajstić information content (AvgIpc) is 2.37. The molecule has 0 aliphatic heterocycles. The topological polar surface area (TPSA) is 168 Å². The summed E-state index contributed by atoms with van der Waals surface area (Å²) in [4.78, 5) is -0.317. The van der Waals surface area contributed by atoms with Crippen molar-refractivity contribution in [2.24, 2.45) is 10.2 Å². The van der Waals surface area contributed by atoms with Gasteiger partial charge >= 0.3 is 59.1 Å². The second kappa shape index (κ2) is 12.1. The molecule has 2 rings (SSSR count). The van der Waals surface area contributed by atoms with Gasteiger partial charge in [-0.2, -0.15) is 10.2 Å². The molecule has 0 aliphatic carbocycles. The summed E-state index contributed by atoms with van der Waals surface area (Å²) in [7, 11) is -4.45. The van der Waals surface area contributed by atoms with Crippen LogP contribution in [-0.2, 0) is 10.1 Å². The molecule has 0 heterocycles. The van der Waals surface area contributed by atoms with E-state index in [1.165, 1.54) is 36.4 Å². The molecule has 0 aliphatic rings. The Morgan fingerprint density at radius 2 is 1.09 bits per heavy atom. The van der Waals surface area contributed by atoms with E-state index in [1.54, 1.807) is 0 Å². The smallest absolute Gasteiger partial charge is 0.872 e. The number of azo groups is 1. The van der Waals surface area contributed by atoms with Crippen molar-refractivity contribution in [2.45, 2.75) is 4.90 Å². The van der Waals surface area contributed by atoms with Crippen LogP contribution in [0, 0.1) is 0 Å². The van der Waals surface area contributed by atoms with Gasteiger partial charge in [0, 0.05) is 0 Å². The molecule has 0 atom stereocenters. The van der Waals surface area contributed by atoms with E-state index in [0.29, 0.717) is 11.4 Å². The standard InChI is InChI=1S/C12H10N2O4S.2Na.2H2O/c15-11-5-1-9(2-6-11)13-14-10-3-7-12(8-4-10)19(16,17)18;;;;/h1-8,15H,(H,16,17,18);;;2*1H2/q;2*+1;;/p-2. The molecule has 0 radical (unpaired) electrons. The zero-order valence-corrected chi connectivity index (χ0v) is 17.4. The van der Waals surface area contributed by atoms with Gasteiger partial charge in [0.15, 0.2) is 0 Å². The molecule has 0 spiro atoms. The molecule has 23 heavy (non-hydrogen) atoms. The Morgan fingerprint density at radius 3 is 1.43 bits per heavy atom. The summed E-state index contributed by atoms with van der Waals surface area (Å²) >= 11 is 0. The van der Waals surface area contributed by atoms with Crippen molar-refractivity contribution < 1.29 is 88.1 Å². The monoisotopic (exact) mass is 358 g/mol. The van der Waals surface area contributed by atoms with Gasteiger partial charge in [0.25, 0.3) is 0 Å². The fourth-order valence-electron chi connectivity index (χ4n) is 1.31. The van der Waals surface area contributed by atoms with Gasteiger partial charge < -0.3 is 20.6 Å². The summed E-state index contributed by atoms with van der Waals surface area (Å²) in [6.45, 7) is 0. The molecule has 4 N–H and O–H groups in total. The fourth-order valence-corrected chi connectivity index (χ4v) is 1.78. The molecule has 0 amide bonds. The summed E-state index contributed by atoms with van der Waals surface area (Å²) < 4.78 is 32.1. The molecule has 2 aromatic rings. The average molecular weight is 358 g/mol. The van der Waals surface area contributed by atoms with E-state index in [1.807, 2.05) is 0 Å². The first-order valence-electron chi connectivity index (χ1n) is 5.20. The summed E-state index contributed by atoms with van der Waals surface area (Å²) in [5.41, 5.74) is 0.902. The van der Waals surface area contributed by atoms with Crippen LogP contribution in [-0.4, -0.2) is 23.9 Å². The van der Waals surface area contributed by atoms with Gasteiger partial charge in [-0.15, -0.1) is 5.75 Å². The molecule has 2 aromatic carbocycles. The Balaban J connectivity index is -0.000001000. The number of hydrogen-bond donors (Lipinski definition) is 0. The molecule has 0 fully saturated rings. The van der Waals surface area contributed by atoms with Crippen LogP contribution in [0.2, 0.25) is 0 Å². The Bertz CT molecular complexity index is 705. The Kier molecular flexibility index (Phi) is 14.5. The Hall–Kier alpha value is -0.330. The molecule has 114 valence electrons. The quantitative estimate of drug-likeness (QED) is 0.303. The minimum atomic E-state index is -4.45. The molecule has 11 heteroatoms. The van der Waals surface area contributed by atoms with Gasteiger partial charge in [0.2, 0.25) is 0 Å². The summed E-state index contributed by atoms with van der Waals surface area (Å²) in [5, 5.41) is 18.6. The number of rotatable bonds is 3. The third kappa shape index (κ3) is 8.91. The second-order valence-corrected chi connectivity index (χ2v) is 5.02. The van der Waals surface area contributed by atoms with Crippen molar-refractivity contribution in [2.75, 3.05) is 0 Å². The van der Waals surface area contributed by atoms with Crippen molar-refractivity contribution >= 4 is 21.5 Å². The summed E-state index contributed by atoms with van der Waals surface area (Å²) in [6.07, 6.45) is 0. The first-order valence-corrected chi connectivity index (χ1v) is 6.61. The van der Waals surface area contributed by atoms with Gasteiger partial charge in [-0.3, -0.25) is 0 Å². The number of benzene rings is 2. The molecule has 8 nitrogen and oxygen atoms in total. The van der Waals surface area contributed by atoms with E-state index in [0.717, 1.165) is 12.1 Å². The minimum absolute atomic E-state index is 0. The van der Waals surface area contributed by atoms with Crippen LogP contribution in [0.1, 0.15) is 0 Å². The van der Waals surface area contributed by atoms with Gasteiger partial charge in [0.1, 0.15) is 10.1 Å². The molecule has 0 unspecified atom stereocenters. The zero-order valence-electron chi connectivity index (χ0n) is 12.6. The maximum absolute atomic E-state index is 10.9. The minimum Gasteiger partial charge on any atom is -0.872 e. The van der Waals surface area contributed by atoms with Crippen LogP contribution in [0.5, 0.6) is 5.75 Å². The number of nitrogens with zero attached hydrogens (tertiary/aromatic N) is 2. The van der Waals surface area contributed by atoms with Crippen LogP contribution in [0.15, 0.2) is 63.7 Å². The van der Waals surface area contributed by atoms with E-state index in [9.17, 15) is 18.1 Å². The fraction of sp³-hybridized carbons (Fsp3) is 0. The summed E-state index contributed by atoms with van der Waals surface area (Å²) in [5.74, 6) is -0.121. The van der Waals surface area contributed by atoms with Crippen LogP contribution >= 0.6 is 0 Å². The maximum Gasteiger partial charge on any atom is 1.00 e. The van der Waals surface area contributed by atoms with E-state index < -0.39 is 10.1 Å². The molecule has 0 saturated carbocycles. The third-order valence-electron chi connectivity index (χ3n) is 2.24. The van der Waals surface area contributed by atoms with Crippen molar-refractivity contribution in [1.82, 2.24) is 0 Å². The first kappa shape index (κ1) is 27.5. The third-order valence-corrected chi connectivity index (χ3v) is 3.09. The normalized spacial score (nSPS) is 9.78. The van der Waals surface area contributed by atoms with Crippen molar-refractivity contribution in [1.29, 1.82) is 0 Å². The van der Waals surface area contributed by atoms with E-state index in [-0.39, 0.29) is 80.7 Å². The second-order valence-electron chi connectivity index (χ2n) is 3.64. The number of hydrogen-bond acceptors (Lipinski definition) is 6. The molecular formula is C12H12N2Na2O6S. The predicted octanol–water partition coefficient (Wildman–Crippen LogP) is -5.56. The van der Waals surface area contributed by atoms with E-state index in [2.05, 4.69) is 10.2 Å². The van der Waals surface area contributed by atoms with E-state index >= 15 is 0 Å². The zero-order chi connectivity index (χ0) is 13.9. The molecule has 0 bridgehead atoms. The largest absolute Gasteiger partial charge is 1.00 e. The maximum atomic E-state index is 10.9. The van der Waals surface area contributed by atoms with Crippen molar-refractivity contribution in [3.05, 3.63) is 48.5 Å². The Labute approximate surface area is 177 Å². The van der Waals surface area contributed by atoms with Crippen molar-refractivity contribution in [3.8, 4) is 5.75 Å². The van der Waals surface area contributed by atoms with Gasteiger partial charge in [-0.1, -0.05) is 12.1 Å². The predicted molar refractivity (Wildman–Crippen MR) is 71.7 cm³/mol. The van der Waals surface area contributed by atoms with Crippen molar-refractivity contribution in [3.63, 3.8) is 0 Å². The van der Waals surface area contributed by atoms with Crippen LogP contribution in [0.4, 0.5) is 11.4 Å². The van der Waals surface area contributed by atoms with Crippen LogP contribution < -0.4 is 64.2 Å². The van der Waals surface area contributed by atoms with Crippen LogP contribution in [0.3, 0.4) is 0 Å². The first-order chi connectivity index (χ1) is 8.95. The molecule has 0 saturated heterocycles. The Morgan fingerprint density at radius 1 is 0.739 bits per heavy atom. The SMILES string of the molecule is O.O.O=S(=O)([O-])c1ccc(N=Nc2ccc([O-])cc2)cc1.[Na+].[Na+]. The van der Waals surface area contributed by atoms with Gasteiger partial charge in [0.05, 0.1) is 16.3 Å². The molecule has 0 aromatic heterocycles. The molecular weight excluding hydrogens is 346 g/mol. The van der Waals surface area contributed by atoms with Crippen LogP contribution in [0.25, 0.3) is 0 Å². The van der Waals surface area contributed by atoms with E-state index in [4.69, 9.17) is 0 Å². The van der Waals surface area contributed by atoms with Gasteiger partial charge in [-0.25, -0.2) is 8.42 Å². The summed E-state index contributed by atoms with van der Waals surface area (Å²) in [6, 6.07) is 10.8.